The normalized spacial score (nSPS) is 16.0. The van der Waals surface area contributed by atoms with Crippen molar-refractivity contribution in [3.63, 3.8) is 0 Å². The molecule has 0 saturated heterocycles. The first-order valence-electron chi connectivity index (χ1n) is 6.99. The maximum atomic E-state index is 11.9. The first kappa shape index (κ1) is 19.9. The SMILES string of the molecule is CC(N)CCCC(C)C(=O)NC(CCS(C)(=O)=O)C(=O)O. The van der Waals surface area contributed by atoms with Gasteiger partial charge in [0, 0.05) is 18.2 Å². The lowest BCUT2D eigenvalue weighted by molar-refractivity contribution is -0.142. The summed E-state index contributed by atoms with van der Waals surface area (Å²) in [5.74, 6) is -2.21. The van der Waals surface area contributed by atoms with Gasteiger partial charge in [0.05, 0.1) is 5.75 Å². The van der Waals surface area contributed by atoms with E-state index in [0.29, 0.717) is 6.42 Å². The zero-order valence-corrected chi connectivity index (χ0v) is 13.6. The molecule has 21 heavy (non-hydrogen) atoms. The average molecular weight is 322 g/mol. The Morgan fingerprint density at radius 2 is 1.76 bits per heavy atom. The molecule has 0 radical (unpaired) electrons. The molecule has 0 aliphatic heterocycles. The Bertz CT molecular complexity index is 447. The van der Waals surface area contributed by atoms with Gasteiger partial charge in [-0.25, -0.2) is 13.2 Å². The van der Waals surface area contributed by atoms with Crippen LogP contribution in [0.4, 0.5) is 0 Å². The van der Waals surface area contributed by atoms with Crippen LogP contribution in [0.5, 0.6) is 0 Å². The Morgan fingerprint density at radius 1 is 1.19 bits per heavy atom. The number of carboxylic acids is 1. The summed E-state index contributed by atoms with van der Waals surface area (Å²) in [4.78, 5) is 23.0. The molecule has 8 heteroatoms. The number of carbonyl (C=O) groups is 2. The molecule has 3 atom stereocenters. The number of amides is 1. The molecule has 4 N–H and O–H groups in total. The molecule has 124 valence electrons. The fraction of sp³-hybridized carbons (Fsp3) is 0.846. The van der Waals surface area contributed by atoms with Gasteiger partial charge in [-0.05, 0) is 26.2 Å². The summed E-state index contributed by atoms with van der Waals surface area (Å²) in [5.41, 5.74) is 5.62. The van der Waals surface area contributed by atoms with Gasteiger partial charge in [-0.3, -0.25) is 4.79 Å². The van der Waals surface area contributed by atoms with E-state index in [1.165, 1.54) is 0 Å². The van der Waals surface area contributed by atoms with Crippen LogP contribution in [0.1, 0.15) is 39.5 Å². The van der Waals surface area contributed by atoms with Gasteiger partial charge in [0.15, 0.2) is 0 Å². The maximum Gasteiger partial charge on any atom is 0.326 e. The van der Waals surface area contributed by atoms with Gasteiger partial charge in [-0.1, -0.05) is 13.3 Å². The molecule has 0 heterocycles. The van der Waals surface area contributed by atoms with E-state index in [-0.39, 0.29) is 30.0 Å². The Balaban J connectivity index is 4.37. The minimum absolute atomic E-state index is 0.0711. The molecular formula is C13H26N2O5S. The predicted molar refractivity (Wildman–Crippen MR) is 80.6 cm³/mol. The number of hydrogen-bond acceptors (Lipinski definition) is 5. The standard InChI is InChI=1S/C13H26N2O5S/c1-9(5-4-6-10(2)14)12(16)15-11(13(17)18)7-8-21(3,19)20/h9-11H,4-8,14H2,1-3H3,(H,15,16)(H,17,18). The van der Waals surface area contributed by atoms with Gasteiger partial charge >= 0.3 is 5.97 Å². The molecule has 0 aliphatic rings. The summed E-state index contributed by atoms with van der Waals surface area (Å²) in [5, 5.41) is 11.4. The van der Waals surface area contributed by atoms with E-state index in [9.17, 15) is 18.0 Å². The van der Waals surface area contributed by atoms with E-state index in [0.717, 1.165) is 19.1 Å². The monoisotopic (exact) mass is 322 g/mol. The number of nitrogens with two attached hydrogens (primary N) is 1. The van der Waals surface area contributed by atoms with E-state index in [2.05, 4.69) is 5.32 Å². The van der Waals surface area contributed by atoms with Crippen molar-refractivity contribution in [3.05, 3.63) is 0 Å². The summed E-state index contributed by atoms with van der Waals surface area (Å²) < 4.78 is 22.1. The molecular weight excluding hydrogens is 296 g/mol. The molecule has 7 nitrogen and oxygen atoms in total. The maximum absolute atomic E-state index is 11.9. The molecule has 0 aromatic rings. The van der Waals surface area contributed by atoms with Crippen LogP contribution in [0.15, 0.2) is 0 Å². The molecule has 0 spiro atoms. The third kappa shape index (κ3) is 10.3. The van der Waals surface area contributed by atoms with Crippen LogP contribution in [-0.4, -0.2) is 49.5 Å². The summed E-state index contributed by atoms with van der Waals surface area (Å²) in [6.07, 6.45) is 3.10. The van der Waals surface area contributed by atoms with Crippen molar-refractivity contribution in [1.82, 2.24) is 5.32 Å². The Hall–Kier alpha value is -1.15. The first-order chi connectivity index (χ1) is 9.53. The summed E-state index contributed by atoms with van der Waals surface area (Å²) in [6.45, 7) is 3.60. The van der Waals surface area contributed by atoms with Crippen molar-refractivity contribution < 1.29 is 23.1 Å². The largest absolute Gasteiger partial charge is 0.480 e. The Kier molecular flexibility index (Phi) is 8.50. The highest BCUT2D eigenvalue weighted by atomic mass is 32.2. The third-order valence-corrected chi connectivity index (χ3v) is 4.11. The third-order valence-electron chi connectivity index (χ3n) is 3.14. The Labute approximate surface area is 126 Å². The van der Waals surface area contributed by atoms with Crippen LogP contribution in [0.2, 0.25) is 0 Å². The molecule has 1 amide bonds. The van der Waals surface area contributed by atoms with Gasteiger partial charge in [0.1, 0.15) is 15.9 Å². The van der Waals surface area contributed by atoms with E-state index >= 15 is 0 Å². The minimum atomic E-state index is -3.26. The number of nitrogens with one attached hydrogen (secondary N) is 1. The lowest BCUT2D eigenvalue weighted by Crippen LogP contribution is -2.44. The van der Waals surface area contributed by atoms with Crippen molar-refractivity contribution >= 4 is 21.7 Å². The van der Waals surface area contributed by atoms with Crippen LogP contribution >= 0.6 is 0 Å². The molecule has 0 aliphatic carbocycles. The van der Waals surface area contributed by atoms with E-state index in [1.807, 2.05) is 6.92 Å². The number of aliphatic carboxylic acids is 1. The molecule has 0 fully saturated rings. The topological polar surface area (TPSA) is 127 Å². The summed E-state index contributed by atoms with van der Waals surface area (Å²) in [7, 11) is -3.26. The summed E-state index contributed by atoms with van der Waals surface area (Å²) >= 11 is 0. The quantitative estimate of drug-likeness (QED) is 0.525. The van der Waals surface area contributed by atoms with E-state index in [1.54, 1.807) is 6.92 Å². The molecule has 3 unspecified atom stereocenters. The second-order valence-corrected chi connectivity index (χ2v) is 7.89. The average Bonchev–Trinajstić information content (AvgIpc) is 2.31. The van der Waals surface area contributed by atoms with E-state index < -0.39 is 21.8 Å². The fourth-order valence-electron chi connectivity index (χ4n) is 1.78. The van der Waals surface area contributed by atoms with Crippen LogP contribution in [-0.2, 0) is 19.4 Å². The lowest BCUT2D eigenvalue weighted by atomic mass is 10.0. The van der Waals surface area contributed by atoms with Crippen LogP contribution in [0.3, 0.4) is 0 Å². The van der Waals surface area contributed by atoms with Crippen LogP contribution in [0, 0.1) is 5.92 Å². The number of rotatable bonds is 10. The molecule has 0 saturated carbocycles. The van der Waals surface area contributed by atoms with Gasteiger partial charge in [-0.2, -0.15) is 0 Å². The highest BCUT2D eigenvalue weighted by Crippen LogP contribution is 2.10. The van der Waals surface area contributed by atoms with Gasteiger partial charge < -0.3 is 16.2 Å². The molecule has 0 aromatic heterocycles. The molecule has 0 rings (SSSR count). The van der Waals surface area contributed by atoms with Gasteiger partial charge in [0.2, 0.25) is 5.91 Å². The number of sulfone groups is 1. The second kappa shape index (κ2) is 8.99. The van der Waals surface area contributed by atoms with E-state index in [4.69, 9.17) is 10.8 Å². The van der Waals surface area contributed by atoms with Gasteiger partial charge in [-0.15, -0.1) is 0 Å². The highest BCUT2D eigenvalue weighted by molar-refractivity contribution is 7.90. The summed E-state index contributed by atoms with van der Waals surface area (Å²) in [6, 6.07) is -1.11. The van der Waals surface area contributed by atoms with Crippen LogP contribution in [0.25, 0.3) is 0 Å². The fourth-order valence-corrected chi connectivity index (χ4v) is 2.44. The number of carbonyl (C=O) groups excluding carboxylic acids is 1. The highest BCUT2D eigenvalue weighted by Gasteiger charge is 2.23. The first-order valence-corrected chi connectivity index (χ1v) is 9.05. The zero-order valence-electron chi connectivity index (χ0n) is 12.8. The predicted octanol–water partition coefficient (Wildman–Crippen LogP) is 0.144. The zero-order chi connectivity index (χ0) is 16.6. The van der Waals surface area contributed by atoms with Crippen molar-refractivity contribution in [2.75, 3.05) is 12.0 Å². The van der Waals surface area contributed by atoms with Crippen molar-refractivity contribution in [1.29, 1.82) is 0 Å². The minimum Gasteiger partial charge on any atom is -0.480 e. The second-order valence-electron chi connectivity index (χ2n) is 5.63. The van der Waals surface area contributed by atoms with Gasteiger partial charge in [0.25, 0.3) is 0 Å². The van der Waals surface area contributed by atoms with Crippen molar-refractivity contribution in [2.45, 2.75) is 51.6 Å². The molecule has 0 bridgehead atoms. The molecule has 0 aromatic carbocycles. The lowest BCUT2D eigenvalue weighted by Gasteiger charge is -2.18. The van der Waals surface area contributed by atoms with Crippen LogP contribution < -0.4 is 11.1 Å². The number of hydrogen-bond donors (Lipinski definition) is 3. The van der Waals surface area contributed by atoms with Crippen molar-refractivity contribution in [3.8, 4) is 0 Å². The number of carboxylic acid groups (broad SMARTS) is 1. The van der Waals surface area contributed by atoms with Crippen molar-refractivity contribution in [2.24, 2.45) is 11.7 Å². The smallest absolute Gasteiger partial charge is 0.326 e. The Morgan fingerprint density at radius 3 is 2.19 bits per heavy atom.